The lowest BCUT2D eigenvalue weighted by Crippen LogP contribution is -2.52. The number of ether oxygens (including phenoxy) is 1. The van der Waals surface area contributed by atoms with Crippen LogP contribution in [0.2, 0.25) is 0 Å². The van der Waals surface area contributed by atoms with E-state index in [-0.39, 0.29) is 0 Å². The van der Waals surface area contributed by atoms with Crippen LogP contribution >= 0.6 is 0 Å². The number of hydrogen-bond acceptors (Lipinski definition) is 7. The number of aliphatic hydroxyl groups excluding tert-OH is 1. The molecule has 1 saturated heterocycles. The number of morpholine rings is 1. The molecule has 2 aromatic carbocycles. The summed E-state index contributed by atoms with van der Waals surface area (Å²) in [7, 11) is 2.75. The summed E-state index contributed by atoms with van der Waals surface area (Å²) >= 11 is 0. The van der Waals surface area contributed by atoms with E-state index in [4.69, 9.17) is 4.74 Å². The van der Waals surface area contributed by atoms with Crippen LogP contribution < -0.4 is 10.6 Å². The quantitative estimate of drug-likeness (QED) is 0.279. The molecule has 2 aromatic rings. The molecule has 1 heterocycles. The molecule has 0 radical (unpaired) electrons. The number of amides is 2. The molecule has 1 aliphatic heterocycles. The lowest BCUT2D eigenvalue weighted by Gasteiger charge is -2.26. The number of carbonyl (C=O) groups excluding carboxylic acids is 3. The summed E-state index contributed by atoms with van der Waals surface area (Å²) in [5.74, 6) is -1.87. The average molecular weight is 511 g/mol. The van der Waals surface area contributed by atoms with Gasteiger partial charge in [-0.3, -0.25) is 19.3 Å². The summed E-state index contributed by atoms with van der Waals surface area (Å²) in [6.45, 7) is 5.05. The van der Waals surface area contributed by atoms with E-state index in [0.717, 1.165) is 67.5 Å². The van der Waals surface area contributed by atoms with E-state index >= 15 is 0 Å². The van der Waals surface area contributed by atoms with Crippen LogP contribution in [0.25, 0.3) is 11.1 Å². The first kappa shape index (κ1) is 28.3. The summed E-state index contributed by atoms with van der Waals surface area (Å²) < 4.78 is 5.39. The Labute approximate surface area is 218 Å². The van der Waals surface area contributed by atoms with Gasteiger partial charge in [-0.05, 0) is 54.8 Å². The fourth-order valence-electron chi connectivity index (χ4n) is 4.36. The highest BCUT2D eigenvalue weighted by molar-refractivity contribution is 6.10. The molecular formula is C28H38N4O5. The minimum absolute atomic E-state index is 0.345. The molecule has 1 fully saturated rings. The SMILES string of the molecule is CNC(=O)C(C(=O)CO)N(C)C(=O)c1ccc(-c2ccc(NCCCCCN3CCOCC3)cc2)cc1. The van der Waals surface area contributed by atoms with Crippen LogP contribution in [-0.4, -0.2) is 98.6 Å². The van der Waals surface area contributed by atoms with Gasteiger partial charge in [-0.2, -0.15) is 0 Å². The Morgan fingerprint density at radius 2 is 1.59 bits per heavy atom. The standard InChI is InChI=1S/C28H38N4O5/c1-29-27(35)26(25(34)20-33)31(2)28(36)23-8-6-21(7-9-23)22-10-12-24(13-11-22)30-14-4-3-5-15-32-16-18-37-19-17-32/h6-13,26,30,33H,3-5,14-20H2,1-2H3,(H,29,35). The van der Waals surface area contributed by atoms with Gasteiger partial charge in [-0.25, -0.2) is 0 Å². The number of Topliss-reactive ketones (excluding diaryl/α,β-unsaturated/α-hetero) is 1. The monoisotopic (exact) mass is 510 g/mol. The number of aliphatic hydroxyl groups is 1. The number of unbranched alkanes of at least 4 members (excludes halogenated alkanes) is 2. The second kappa shape index (κ2) is 14.5. The van der Waals surface area contributed by atoms with Gasteiger partial charge in [0.05, 0.1) is 13.2 Å². The van der Waals surface area contributed by atoms with Crippen molar-refractivity contribution >= 4 is 23.3 Å². The smallest absolute Gasteiger partial charge is 0.254 e. The topological polar surface area (TPSA) is 111 Å². The molecule has 0 spiro atoms. The number of anilines is 1. The van der Waals surface area contributed by atoms with E-state index in [9.17, 15) is 19.5 Å². The molecule has 0 bridgehead atoms. The Kier molecular flexibility index (Phi) is 11.1. The van der Waals surface area contributed by atoms with Crippen molar-refractivity contribution in [3.05, 3.63) is 54.1 Å². The third-order valence-electron chi connectivity index (χ3n) is 6.60. The van der Waals surface area contributed by atoms with E-state index in [0.29, 0.717) is 5.56 Å². The summed E-state index contributed by atoms with van der Waals surface area (Å²) in [6, 6.07) is 13.8. The van der Waals surface area contributed by atoms with Crippen molar-refractivity contribution in [2.75, 3.05) is 65.4 Å². The van der Waals surface area contributed by atoms with Gasteiger partial charge in [0.25, 0.3) is 5.91 Å². The van der Waals surface area contributed by atoms with Crippen LogP contribution in [0.1, 0.15) is 29.6 Å². The summed E-state index contributed by atoms with van der Waals surface area (Å²) in [4.78, 5) is 40.5. The first-order chi connectivity index (χ1) is 17.9. The second-order valence-electron chi connectivity index (χ2n) is 9.15. The van der Waals surface area contributed by atoms with Crippen molar-refractivity contribution < 1.29 is 24.2 Å². The molecule has 200 valence electrons. The number of carbonyl (C=O) groups is 3. The largest absolute Gasteiger partial charge is 0.388 e. The third kappa shape index (κ3) is 8.11. The average Bonchev–Trinajstić information content (AvgIpc) is 2.95. The van der Waals surface area contributed by atoms with Gasteiger partial charge in [-0.1, -0.05) is 30.7 Å². The molecule has 9 heteroatoms. The normalized spacial score (nSPS) is 14.6. The molecule has 3 rings (SSSR count). The van der Waals surface area contributed by atoms with Gasteiger partial charge in [0.15, 0.2) is 11.8 Å². The van der Waals surface area contributed by atoms with Gasteiger partial charge in [0.1, 0.15) is 6.61 Å². The Morgan fingerprint density at radius 3 is 2.19 bits per heavy atom. The maximum atomic E-state index is 12.9. The molecular weight excluding hydrogens is 472 g/mol. The number of hydrogen-bond donors (Lipinski definition) is 3. The van der Waals surface area contributed by atoms with E-state index in [1.807, 2.05) is 36.4 Å². The van der Waals surface area contributed by atoms with Crippen molar-refractivity contribution in [1.82, 2.24) is 15.1 Å². The predicted molar refractivity (Wildman–Crippen MR) is 144 cm³/mol. The van der Waals surface area contributed by atoms with Crippen molar-refractivity contribution in [3.63, 3.8) is 0 Å². The van der Waals surface area contributed by atoms with Crippen molar-refractivity contribution in [2.24, 2.45) is 0 Å². The number of ketones is 1. The van der Waals surface area contributed by atoms with Crippen LogP contribution in [0.3, 0.4) is 0 Å². The third-order valence-corrected chi connectivity index (χ3v) is 6.60. The molecule has 9 nitrogen and oxygen atoms in total. The number of nitrogens with one attached hydrogen (secondary N) is 2. The molecule has 37 heavy (non-hydrogen) atoms. The first-order valence-electron chi connectivity index (χ1n) is 12.8. The highest BCUT2D eigenvalue weighted by atomic mass is 16.5. The van der Waals surface area contributed by atoms with Crippen LogP contribution in [0, 0.1) is 0 Å². The second-order valence-corrected chi connectivity index (χ2v) is 9.15. The van der Waals surface area contributed by atoms with E-state index in [2.05, 4.69) is 15.5 Å². The molecule has 0 saturated carbocycles. The molecule has 2 amide bonds. The number of rotatable bonds is 13. The Bertz CT molecular complexity index is 1000. The van der Waals surface area contributed by atoms with Crippen LogP contribution in [0.5, 0.6) is 0 Å². The maximum absolute atomic E-state index is 12.9. The molecule has 1 atom stereocenters. The molecule has 1 aliphatic rings. The zero-order valence-electron chi connectivity index (χ0n) is 21.7. The van der Waals surface area contributed by atoms with Gasteiger partial charge in [0.2, 0.25) is 5.91 Å². The van der Waals surface area contributed by atoms with E-state index < -0.39 is 30.2 Å². The summed E-state index contributed by atoms with van der Waals surface area (Å²) in [5, 5.41) is 15.0. The number of nitrogens with zero attached hydrogens (tertiary/aromatic N) is 2. The molecule has 0 aromatic heterocycles. The highest BCUT2D eigenvalue weighted by Crippen LogP contribution is 2.23. The Hall–Kier alpha value is -3.27. The zero-order valence-corrected chi connectivity index (χ0v) is 21.7. The Morgan fingerprint density at radius 1 is 0.973 bits per heavy atom. The highest BCUT2D eigenvalue weighted by Gasteiger charge is 2.32. The molecule has 0 aliphatic carbocycles. The predicted octanol–water partition coefficient (Wildman–Crippen LogP) is 2.02. The van der Waals surface area contributed by atoms with Crippen LogP contribution in [-0.2, 0) is 14.3 Å². The zero-order chi connectivity index (χ0) is 26.6. The lowest BCUT2D eigenvalue weighted by molar-refractivity contribution is -0.135. The number of benzene rings is 2. The van der Waals surface area contributed by atoms with Gasteiger partial charge >= 0.3 is 0 Å². The minimum atomic E-state index is -1.38. The van der Waals surface area contributed by atoms with Crippen molar-refractivity contribution in [2.45, 2.75) is 25.3 Å². The van der Waals surface area contributed by atoms with Gasteiger partial charge in [0, 0.05) is 45.0 Å². The minimum Gasteiger partial charge on any atom is -0.388 e. The fraction of sp³-hybridized carbons (Fsp3) is 0.464. The Balaban J connectivity index is 1.48. The first-order valence-corrected chi connectivity index (χ1v) is 12.8. The van der Waals surface area contributed by atoms with Crippen molar-refractivity contribution in [3.8, 4) is 11.1 Å². The van der Waals surface area contributed by atoms with Crippen LogP contribution in [0.15, 0.2) is 48.5 Å². The number of likely N-dealkylation sites (N-methyl/N-ethyl adjacent to an activating group) is 2. The van der Waals surface area contributed by atoms with Crippen molar-refractivity contribution in [1.29, 1.82) is 0 Å². The summed E-state index contributed by atoms with van der Waals surface area (Å²) in [5.41, 5.74) is 3.38. The maximum Gasteiger partial charge on any atom is 0.254 e. The van der Waals surface area contributed by atoms with Gasteiger partial charge in [-0.15, -0.1) is 0 Å². The molecule has 3 N–H and O–H groups in total. The van der Waals surface area contributed by atoms with Gasteiger partial charge < -0.3 is 25.4 Å². The summed E-state index contributed by atoms with van der Waals surface area (Å²) in [6.07, 6.45) is 3.53. The van der Waals surface area contributed by atoms with E-state index in [1.165, 1.54) is 26.9 Å². The van der Waals surface area contributed by atoms with E-state index in [1.54, 1.807) is 12.1 Å². The van der Waals surface area contributed by atoms with Crippen LogP contribution in [0.4, 0.5) is 5.69 Å². The fourth-order valence-corrected chi connectivity index (χ4v) is 4.36. The lowest BCUT2D eigenvalue weighted by atomic mass is 10.0. The molecule has 1 unspecified atom stereocenters.